The molecule has 1 fully saturated rings. The van der Waals surface area contributed by atoms with Crippen LogP contribution in [0.2, 0.25) is 0 Å². The molecule has 0 spiro atoms. The monoisotopic (exact) mass is 373 g/mol. The maximum Gasteiger partial charge on any atom is 0.268 e. The molecule has 140 valence electrons. The number of amides is 1. The third kappa shape index (κ3) is 5.05. The molecule has 5 nitrogen and oxygen atoms in total. The van der Waals surface area contributed by atoms with Crippen LogP contribution in [-0.4, -0.2) is 30.1 Å². The minimum absolute atomic E-state index is 0.308. The lowest BCUT2D eigenvalue weighted by Crippen LogP contribution is -2.37. The standard InChI is InChI=1S/C20H27N3O2S/c1-20(2)9-7-15(8-10-20)22-11-12-25-16-5-3-14(4-6-16)19-23-17(13-26-19)18(21)24/h3-6,13,15,22H,7-12H2,1-2H3,(H2,21,24). The van der Waals surface area contributed by atoms with Crippen LogP contribution in [0.5, 0.6) is 5.75 Å². The van der Waals surface area contributed by atoms with Gasteiger partial charge in [-0.05, 0) is 55.4 Å². The summed E-state index contributed by atoms with van der Waals surface area (Å²) in [4.78, 5) is 15.4. The number of nitrogens with two attached hydrogens (primary N) is 1. The molecule has 0 bridgehead atoms. The molecule has 0 saturated heterocycles. The number of thiazole rings is 1. The van der Waals surface area contributed by atoms with E-state index in [-0.39, 0.29) is 0 Å². The second-order valence-electron chi connectivity index (χ2n) is 7.67. The number of benzene rings is 1. The van der Waals surface area contributed by atoms with Gasteiger partial charge in [0.05, 0.1) is 0 Å². The zero-order valence-electron chi connectivity index (χ0n) is 15.5. The SMILES string of the molecule is CC1(C)CCC(NCCOc2ccc(-c3nc(C(N)=O)cs3)cc2)CC1. The lowest BCUT2D eigenvalue weighted by molar-refractivity contribution is 0.0996. The highest BCUT2D eigenvalue weighted by Gasteiger charge is 2.26. The average Bonchev–Trinajstić information content (AvgIpc) is 3.11. The summed E-state index contributed by atoms with van der Waals surface area (Å²) in [7, 11) is 0. The molecule has 1 saturated carbocycles. The Bertz CT molecular complexity index is 730. The number of aromatic nitrogens is 1. The van der Waals surface area contributed by atoms with E-state index in [9.17, 15) is 4.79 Å². The van der Waals surface area contributed by atoms with Gasteiger partial charge in [-0.2, -0.15) is 0 Å². The van der Waals surface area contributed by atoms with Gasteiger partial charge in [0.15, 0.2) is 0 Å². The predicted octanol–water partition coefficient (Wildman–Crippen LogP) is 3.85. The Morgan fingerprint density at radius 3 is 2.62 bits per heavy atom. The van der Waals surface area contributed by atoms with E-state index in [1.807, 2.05) is 24.3 Å². The largest absolute Gasteiger partial charge is 0.492 e. The van der Waals surface area contributed by atoms with Crippen molar-refractivity contribution in [2.45, 2.75) is 45.6 Å². The number of primary amides is 1. The van der Waals surface area contributed by atoms with Crippen molar-refractivity contribution in [1.29, 1.82) is 0 Å². The van der Waals surface area contributed by atoms with E-state index in [1.165, 1.54) is 37.0 Å². The fraction of sp³-hybridized carbons (Fsp3) is 0.500. The third-order valence-corrected chi connectivity index (χ3v) is 5.89. The van der Waals surface area contributed by atoms with E-state index in [1.54, 1.807) is 5.38 Å². The second kappa shape index (κ2) is 8.18. The highest BCUT2D eigenvalue weighted by atomic mass is 32.1. The molecule has 1 heterocycles. The summed E-state index contributed by atoms with van der Waals surface area (Å²) >= 11 is 1.41. The van der Waals surface area contributed by atoms with Crippen LogP contribution < -0.4 is 15.8 Å². The van der Waals surface area contributed by atoms with Crippen LogP contribution in [0.1, 0.15) is 50.0 Å². The lowest BCUT2D eigenvalue weighted by atomic mass is 9.75. The van der Waals surface area contributed by atoms with Crippen LogP contribution in [0.15, 0.2) is 29.6 Å². The molecule has 6 heteroatoms. The van der Waals surface area contributed by atoms with Crippen molar-refractivity contribution in [3.8, 4) is 16.3 Å². The molecule has 1 aliphatic carbocycles. The fourth-order valence-corrected chi connectivity index (χ4v) is 4.06. The van der Waals surface area contributed by atoms with E-state index in [2.05, 4.69) is 24.1 Å². The molecule has 0 aliphatic heterocycles. The lowest BCUT2D eigenvalue weighted by Gasteiger charge is -2.34. The molecule has 3 rings (SSSR count). The molecule has 0 unspecified atom stereocenters. The summed E-state index contributed by atoms with van der Waals surface area (Å²) in [6.07, 6.45) is 5.09. The average molecular weight is 374 g/mol. The van der Waals surface area contributed by atoms with Gasteiger partial charge in [-0.25, -0.2) is 4.98 Å². The Hall–Kier alpha value is -1.92. The first kappa shape index (κ1) is 18.9. The molecular weight excluding hydrogens is 346 g/mol. The zero-order valence-corrected chi connectivity index (χ0v) is 16.3. The number of hydrogen-bond acceptors (Lipinski definition) is 5. The van der Waals surface area contributed by atoms with Crippen LogP contribution in [-0.2, 0) is 0 Å². The maximum absolute atomic E-state index is 11.1. The van der Waals surface area contributed by atoms with Gasteiger partial charge in [0.2, 0.25) is 0 Å². The second-order valence-corrected chi connectivity index (χ2v) is 8.53. The molecule has 1 amide bonds. The Labute approximate surface area is 159 Å². The highest BCUT2D eigenvalue weighted by Crippen LogP contribution is 2.34. The Balaban J connectivity index is 1.42. The van der Waals surface area contributed by atoms with Crippen molar-refractivity contribution in [1.82, 2.24) is 10.3 Å². The number of nitrogens with one attached hydrogen (secondary N) is 1. The van der Waals surface area contributed by atoms with Crippen LogP contribution in [0, 0.1) is 5.41 Å². The molecule has 1 aromatic heterocycles. The highest BCUT2D eigenvalue weighted by molar-refractivity contribution is 7.13. The first-order chi connectivity index (χ1) is 12.4. The normalized spacial score (nSPS) is 17.2. The van der Waals surface area contributed by atoms with Crippen molar-refractivity contribution in [3.63, 3.8) is 0 Å². The molecule has 0 radical (unpaired) electrons. The summed E-state index contributed by atoms with van der Waals surface area (Å²) in [6, 6.07) is 8.40. The van der Waals surface area contributed by atoms with Gasteiger partial charge >= 0.3 is 0 Å². The van der Waals surface area contributed by atoms with Crippen LogP contribution >= 0.6 is 11.3 Å². The summed E-state index contributed by atoms with van der Waals surface area (Å²) < 4.78 is 5.82. The summed E-state index contributed by atoms with van der Waals surface area (Å²) in [5.41, 5.74) is 7.01. The molecule has 1 aliphatic rings. The first-order valence-electron chi connectivity index (χ1n) is 9.15. The Kier molecular flexibility index (Phi) is 5.94. The van der Waals surface area contributed by atoms with Crippen molar-refractivity contribution < 1.29 is 9.53 Å². The van der Waals surface area contributed by atoms with E-state index in [4.69, 9.17) is 10.5 Å². The van der Waals surface area contributed by atoms with Gasteiger partial charge in [0, 0.05) is 23.5 Å². The minimum atomic E-state index is -0.499. The summed E-state index contributed by atoms with van der Waals surface area (Å²) in [6.45, 7) is 6.23. The molecule has 26 heavy (non-hydrogen) atoms. The molecule has 2 aromatic rings. The first-order valence-corrected chi connectivity index (χ1v) is 10.0. The number of rotatable bonds is 7. The van der Waals surface area contributed by atoms with Crippen LogP contribution in [0.25, 0.3) is 10.6 Å². The van der Waals surface area contributed by atoms with Gasteiger partial charge in [-0.1, -0.05) is 13.8 Å². The maximum atomic E-state index is 11.1. The van der Waals surface area contributed by atoms with Gasteiger partial charge < -0.3 is 15.8 Å². The number of nitrogens with zero attached hydrogens (tertiary/aromatic N) is 1. The Morgan fingerprint density at radius 2 is 2.00 bits per heavy atom. The Morgan fingerprint density at radius 1 is 1.31 bits per heavy atom. The number of hydrogen-bond donors (Lipinski definition) is 2. The third-order valence-electron chi connectivity index (χ3n) is 5.00. The summed E-state index contributed by atoms with van der Waals surface area (Å²) in [5, 5.41) is 6.07. The number of ether oxygens (including phenoxy) is 1. The topological polar surface area (TPSA) is 77.2 Å². The number of carbonyl (C=O) groups excluding carboxylic acids is 1. The molecular formula is C20H27N3O2S. The predicted molar refractivity (Wildman–Crippen MR) is 106 cm³/mol. The van der Waals surface area contributed by atoms with Crippen molar-refractivity contribution in [2.75, 3.05) is 13.2 Å². The van der Waals surface area contributed by atoms with Gasteiger partial charge in [-0.15, -0.1) is 11.3 Å². The smallest absolute Gasteiger partial charge is 0.268 e. The van der Waals surface area contributed by atoms with E-state index in [0.29, 0.717) is 23.8 Å². The van der Waals surface area contributed by atoms with Crippen LogP contribution in [0.4, 0.5) is 0 Å². The van der Waals surface area contributed by atoms with Gasteiger partial charge in [0.25, 0.3) is 5.91 Å². The fourth-order valence-electron chi connectivity index (χ4n) is 3.25. The minimum Gasteiger partial charge on any atom is -0.492 e. The quantitative estimate of drug-likeness (QED) is 0.723. The van der Waals surface area contributed by atoms with Crippen LogP contribution in [0.3, 0.4) is 0 Å². The molecule has 3 N–H and O–H groups in total. The number of carbonyl (C=O) groups is 1. The van der Waals surface area contributed by atoms with Gasteiger partial charge in [-0.3, -0.25) is 4.79 Å². The van der Waals surface area contributed by atoms with Gasteiger partial charge in [0.1, 0.15) is 23.1 Å². The van der Waals surface area contributed by atoms with Crippen molar-refractivity contribution >= 4 is 17.2 Å². The van der Waals surface area contributed by atoms with Crippen molar-refractivity contribution in [3.05, 3.63) is 35.3 Å². The van der Waals surface area contributed by atoms with Crippen molar-refractivity contribution in [2.24, 2.45) is 11.1 Å². The van der Waals surface area contributed by atoms with E-state index >= 15 is 0 Å². The van der Waals surface area contributed by atoms with E-state index in [0.717, 1.165) is 22.9 Å². The molecule has 1 aromatic carbocycles. The zero-order chi connectivity index (χ0) is 18.6. The van der Waals surface area contributed by atoms with E-state index < -0.39 is 5.91 Å². The molecule has 0 atom stereocenters. The summed E-state index contributed by atoms with van der Waals surface area (Å²) in [5.74, 6) is 0.341.